The molecule has 11 heteroatoms. The molecule has 0 saturated heterocycles. The number of carbonyl (C=O) groups is 1. The Hall–Kier alpha value is -2.43. The average Bonchev–Trinajstić information content (AvgIpc) is 3.24. The number of halogens is 1. The first kappa shape index (κ1) is 19.3. The number of aromatic nitrogens is 2. The van der Waals surface area contributed by atoms with E-state index in [0.29, 0.717) is 34.0 Å². The Kier molecular flexibility index (Phi) is 5.49. The molecule has 0 fully saturated rings. The summed E-state index contributed by atoms with van der Waals surface area (Å²) < 4.78 is 32.4. The van der Waals surface area contributed by atoms with Gasteiger partial charge in [0.25, 0.3) is 10.0 Å². The Morgan fingerprint density at radius 2 is 2.07 bits per heavy atom. The van der Waals surface area contributed by atoms with Crippen LogP contribution in [0.1, 0.15) is 26.7 Å². The third-order valence-electron chi connectivity index (χ3n) is 3.75. The topological polar surface area (TPSA) is 122 Å². The zero-order valence-corrected chi connectivity index (χ0v) is 16.4. The fourth-order valence-electron chi connectivity index (χ4n) is 2.41. The molecule has 3 aromatic rings. The lowest BCUT2D eigenvalue weighted by atomic mass is 10.1. The minimum atomic E-state index is -3.85. The molecule has 1 aromatic carbocycles. The van der Waals surface area contributed by atoms with Crippen molar-refractivity contribution in [2.24, 2.45) is 0 Å². The maximum Gasteiger partial charge on any atom is 0.372 e. The van der Waals surface area contributed by atoms with E-state index in [1.807, 2.05) is 0 Å². The molecule has 8 nitrogen and oxygen atoms in total. The number of aryl methyl sites for hydroxylation is 2. The van der Waals surface area contributed by atoms with Gasteiger partial charge >= 0.3 is 5.97 Å². The van der Waals surface area contributed by atoms with Crippen molar-refractivity contribution in [3.63, 3.8) is 0 Å². The molecule has 0 spiro atoms. The Morgan fingerprint density at radius 3 is 2.81 bits per heavy atom. The highest BCUT2D eigenvalue weighted by atomic mass is 35.5. The highest BCUT2D eigenvalue weighted by Gasteiger charge is 2.20. The van der Waals surface area contributed by atoms with Crippen molar-refractivity contribution in [1.29, 1.82) is 0 Å². The smallest absolute Gasteiger partial charge is 0.372 e. The van der Waals surface area contributed by atoms with Gasteiger partial charge in [-0.05, 0) is 37.1 Å². The maximum absolute atomic E-state index is 12.5. The predicted octanol–water partition coefficient (Wildman–Crippen LogP) is 3.38. The lowest BCUT2D eigenvalue weighted by Crippen LogP contribution is -2.14. The van der Waals surface area contributed by atoms with E-state index in [4.69, 9.17) is 21.1 Å². The van der Waals surface area contributed by atoms with Gasteiger partial charge in [0.15, 0.2) is 0 Å². The molecular weight excluding hydrogens is 414 g/mol. The van der Waals surface area contributed by atoms with Crippen molar-refractivity contribution < 1.29 is 22.7 Å². The molecule has 0 amide bonds. The van der Waals surface area contributed by atoms with Crippen LogP contribution in [0.15, 0.2) is 39.8 Å². The van der Waals surface area contributed by atoms with Crippen molar-refractivity contribution >= 4 is 44.1 Å². The molecule has 2 N–H and O–H groups in total. The van der Waals surface area contributed by atoms with E-state index in [1.54, 1.807) is 25.1 Å². The number of hydrogen-bond donors (Lipinski definition) is 2. The summed E-state index contributed by atoms with van der Waals surface area (Å²) in [5.74, 6) is -1.26. The van der Waals surface area contributed by atoms with Crippen molar-refractivity contribution in [2.45, 2.75) is 24.7 Å². The Morgan fingerprint density at radius 1 is 1.30 bits per heavy atom. The summed E-state index contributed by atoms with van der Waals surface area (Å²) in [5.41, 5.74) is 0.979. The molecule has 3 rings (SSSR count). The van der Waals surface area contributed by atoms with Crippen LogP contribution in [-0.4, -0.2) is 29.7 Å². The summed E-state index contributed by atoms with van der Waals surface area (Å²) in [7, 11) is -3.85. The largest absolute Gasteiger partial charge is 0.475 e. The van der Waals surface area contributed by atoms with Crippen LogP contribution >= 0.6 is 22.9 Å². The molecule has 0 aliphatic carbocycles. The van der Waals surface area contributed by atoms with Crippen molar-refractivity contribution in [3.8, 4) is 0 Å². The van der Waals surface area contributed by atoms with Crippen LogP contribution in [0.3, 0.4) is 0 Å². The van der Waals surface area contributed by atoms with Crippen molar-refractivity contribution in [1.82, 2.24) is 10.2 Å². The van der Waals surface area contributed by atoms with Crippen LogP contribution in [0.2, 0.25) is 5.02 Å². The second kappa shape index (κ2) is 7.67. The van der Waals surface area contributed by atoms with Crippen LogP contribution in [0, 0.1) is 6.92 Å². The lowest BCUT2D eigenvalue weighted by Gasteiger charge is -2.08. The zero-order valence-electron chi connectivity index (χ0n) is 14.0. The predicted molar refractivity (Wildman–Crippen MR) is 100.0 cm³/mol. The van der Waals surface area contributed by atoms with Gasteiger partial charge in [-0.25, -0.2) is 13.2 Å². The highest BCUT2D eigenvalue weighted by Crippen LogP contribution is 2.26. The number of carboxylic acids is 1. The van der Waals surface area contributed by atoms with E-state index >= 15 is 0 Å². The van der Waals surface area contributed by atoms with Crippen LogP contribution in [0.25, 0.3) is 0 Å². The minimum Gasteiger partial charge on any atom is -0.475 e. The molecule has 0 bridgehead atoms. The number of rotatable bonds is 7. The molecule has 2 heterocycles. The van der Waals surface area contributed by atoms with Crippen LogP contribution in [-0.2, 0) is 22.9 Å². The molecule has 0 atom stereocenters. The standard InChI is InChI=1S/C16H14ClN3O5S2/c1-9-11(17)3-2-4-12(9)27(23,24)20-16-19-18-13(26-16)6-5-10-7-8-25-14(10)15(21)22/h2-4,7-8H,5-6H2,1H3,(H,19,20)(H,21,22). The van der Waals surface area contributed by atoms with Crippen molar-refractivity contribution in [2.75, 3.05) is 4.72 Å². The highest BCUT2D eigenvalue weighted by molar-refractivity contribution is 7.93. The van der Waals surface area contributed by atoms with E-state index in [0.717, 1.165) is 11.3 Å². The van der Waals surface area contributed by atoms with Crippen LogP contribution in [0.5, 0.6) is 0 Å². The van der Waals surface area contributed by atoms with Gasteiger partial charge in [-0.15, -0.1) is 10.2 Å². The fraction of sp³-hybridized carbons (Fsp3) is 0.188. The number of furan rings is 1. The third kappa shape index (κ3) is 4.29. The number of hydrogen-bond acceptors (Lipinski definition) is 7. The second-order valence-electron chi connectivity index (χ2n) is 5.55. The third-order valence-corrected chi connectivity index (χ3v) is 6.67. The summed E-state index contributed by atoms with van der Waals surface area (Å²) in [6, 6.07) is 6.20. The van der Waals surface area contributed by atoms with Gasteiger partial charge in [-0.2, -0.15) is 0 Å². The van der Waals surface area contributed by atoms with E-state index in [1.165, 1.54) is 12.3 Å². The number of benzene rings is 1. The summed E-state index contributed by atoms with van der Waals surface area (Å²) in [6.45, 7) is 1.62. The first-order valence-corrected chi connectivity index (χ1v) is 10.4. The SMILES string of the molecule is Cc1c(Cl)cccc1S(=O)(=O)Nc1nnc(CCc2ccoc2C(=O)O)s1. The first-order chi connectivity index (χ1) is 12.8. The summed E-state index contributed by atoms with van der Waals surface area (Å²) in [4.78, 5) is 11.1. The molecule has 2 aromatic heterocycles. The first-order valence-electron chi connectivity index (χ1n) is 7.68. The number of nitrogens with zero attached hydrogens (tertiary/aromatic N) is 2. The summed E-state index contributed by atoms with van der Waals surface area (Å²) in [6.07, 6.45) is 2.09. The van der Waals surface area contributed by atoms with Gasteiger partial charge in [0, 0.05) is 17.0 Å². The summed E-state index contributed by atoms with van der Waals surface area (Å²) >= 11 is 7.06. The average molecular weight is 428 g/mol. The number of anilines is 1. The monoisotopic (exact) mass is 427 g/mol. The molecule has 0 aliphatic rings. The Bertz CT molecular complexity index is 1090. The van der Waals surface area contributed by atoms with Gasteiger partial charge < -0.3 is 9.52 Å². The number of nitrogens with one attached hydrogen (secondary N) is 1. The molecule has 0 saturated carbocycles. The zero-order chi connectivity index (χ0) is 19.6. The quantitative estimate of drug-likeness (QED) is 0.592. The number of carboxylic acid groups (broad SMARTS) is 1. The summed E-state index contributed by atoms with van der Waals surface area (Å²) in [5, 5.41) is 17.9. The molecule has 0 unspecified atom stereocenters. The van der Waals surface area contributed by atoms with Gasteiger partial charge in [0.2, 0.25) is 10.9 Å². The van der Waals surface area contributed by atoms with Gasteiger partial charge in [-0.3, -0.25) is 4.72 Å². The van der Waals surface area contributed by atoms with E-state index in [9.17, 15) is 13.2 Å². The molecular formula is C16H14ClN3O5S2. The fourth-order valence-corrected chi connectivity index (χ4v) is 4.87. The van der Waals surface area contributed by atoms with E-state index in [2.05, 4.69) is 14.9 Å². The van der Waals surface area contributed by atoms with E-state index in [-0.39, 0.29) is 15.8 Å². The lowest BCUT2D eigenvalue weighted by molar-refractivity contribution is 0.0660. The molecule has 27 heavy (non-hydrogen) atoms. The number of aromatic carboxylic acids is 1. The molecule has 0 aliphatic heterocycles. The van der Waals surface area contributed by atoms with Crippen LogP contribution in [0.4, 0.5) is 5.13 Å². The second-order valence-corrected chi connectivity index (χ2v) is 8.67. The normalized spacial score (nSPS) is 11.5. The molecule has 142 valence electrons. The van der Waals surface area contributed by atoms with Gasteiger partial charge in [0.1, 0.15) is 5.01 Å². The van der Waals surface area contributed by atoms with Gasteiger partial charge in [0.05, 0.1) is 11.2 Å². The van der Waals surface area contributed by atoms with Crippen molar-refractivity contribution in [3.05, 3.63) is 57.4 Å². The van der Waals surface area contributed by atoms with Crippen LogP contribution < -0.4 is 4.72 Å². The Labute approximate surface area is 163 Å². The van der Waals surface area contributed by atoms with E-state index < -0.39 is 16.0 Å². The minimum absolute atomic E-state index is 0.0660. The Balaban J connectivity index is 1.71. The van der Waals surface area contributed by atoms with Gasteiger partial charge in [-0.1, -0.05) is 29.0 Å². The molecule has 0 radical (unpaired) electrons. The number of sulfonamides is 1. The maximum atomic E-state index is 12.5.